The Labute approximate surface area is 370 Å². The molecule has 0 bridgehead atoms. The van der Waals surface area contributed by atoms with Crippen molar-refractivity contribution >= 4 is 72.1 Å². The van der Waals surface area contributed by atoms with Crippen molar-refractivity contribution in [3.63, 3.8) is 0 Å². The van der Waals surface area contributed by atoms with Crippen molar-refractivity contribution in [1.82, 2.24) is 0 Å². The van der Waals surface area contributed by atoms with Crippen LogP contribution in [0, 0.1) is 28.7 Å². The second-order valence-corrected chi connectivity index (χ2v) is 18.8. The van der Waals surface area contributed by atoms with Crippen molar-refractivity contribution in [3.8, 4) is 17.2 Å². The highest BCUT2D eigenvalue weighted by Crippen LogP contribution is 2.68. The summed E-state index contributed by atoms with van der Waals surface area (Å²) in [6, 6.07) is 66.7. The Morgan fingerprint density at radius 2 is 0.952 bits per heavy atom. The Morgan fingerprint density at radius 3 is 1.51 bits per heavy atom. The number of hydrogen-bond donors (Lipinski definition) is 0. The van der Waals surface area contributed by atoms with Crippen molar-refractivity contribution in [1.29, 1.82) is 5.26 Å². The number of rotatable bonds is 6. The van der Waals surface area contributed by atoms with Crippen molar-refractivity contribution in [2.75, 3.05) is 9.80 Å². The molecule has 0 N–H and O–H groups in total. The predicted molar refractivity (Wildman–Crippen MR) is 264 cm³/mol. The largest absolute Gasteiger partial charge is 0.311 e. The standard InChI is InChI=1S/C59H48N4/c1-57(2,3)59(58(4,5)6)55-48-34-31-46(62(42-16-10-8-11-17-42)44-27-22-39(38-60)23-28-44)36-40(48)24-33-52(55)54-50-21-15-14-20-49(50)53-37-47(32-35-51(53)56(54)59)63(43-18-12-9-13-19-43)45-29-25-41(61-7)26-30-45/h8-37H,1-6H3. The third-order valence-electron chi connectivity index (χ3n) is 13.3. The fourth-order valence-electron chi connectivity index (χ4n) is 11.2. The topological polar surface area (TPSA) is 34.6 Å². The van der Waals surface area contributed by atoms with Crippen LogP contribution in [0.1, 0.15) is 58.2 Å². The number of benzene rings is 9. The van der Waals surface area contributed by atoms with Gasteiger partial charge >= 0.3 is 0 Å². The van der Waals surface area contributed by atoms with E-state index in [0.29, 0.717) is 11.3 Å². The second-order valence-electron chi connectivity index (χ2n) is 18.8. The highest BCUT2D eigenvalue weighted by Gasteiger charge is 2.59. The molecule has 9 aromatic carbocycles. The van der Waals surface area contributed by atoms with Crippen molar-refractivity contribution < 1.29 is 0 Å². The molecular weight excluding hydrogens is 765 g/mol. The number of para-hydroxylation sites is 2. The first kappa shape index (κ1) is 39.5. The average Bonchev–Trinajstić information content (AvgIpc) is 3.65. The molecule has 4 heteroatoms. The molecule has 0 saturated heterocycles. The lowest BCUT2D eigenvalue weighted by atomic mass is 9.49. The zero-order valence-corrected chi connectivity index (χ0v) is 36.6. The van der Waals surface area contributed by atoms with Crippen LogP contribution >= 0.6 is 0 Å². The van der Waals surface area contributed by atoms with Crippen molar-refractivity contribution in [2.45, 2.75) is 47.0 Å². The summed E-state index contributed by atoms with van der Waals surface area (Å²) in [5.74, 6) is 0. The predicted octanol–water partition coefficient (Wildman–Crippen LogP) is 16.9. The molecule has 0 spiro atoms. The van der Waals surface area contributed by atoms with Gasteiger partial charge in [0.1, 0.15) is 0 Å². The van der Waals surface area contributed by atoms with E-state index >= 15 is 0 Å². The molecule has 0 unspecified atom stereocenters. The van der Waals surface area contributed by atoms with Gasteiger partial charge in [-0.1, -0.05) is 139 Å². The minimum Gasteiger partial charge on any atom is -0.311 e. The summed E-state index contributed by atoms with van der Waals surface area (Å²) < 4.78 is 0. The van der Waals surface area contributed by atoms with Gasteiger partial charge in [0.05, 0.1) is 18.2 Å². The monoisotopic (exact) mass is 812 g/mol. The van der Waals surface area contributed by atoms with E-state index < -0.39 is 5.41 Å². The fraction of sp³-hybridized carbons (Fsp3) is 0.153. The maximum absolute atomic E-state index is 9.60. The summed E-state index contributed by atoms with van der Waals surface area (Å²) in [5, 5.41) is 17.0. The number of nitrogens with zero attached hydrogens (tertiary/aromatic N) is 4. The molecule has 0 fully saturated rings. The normalized spacial score (nSPS) is 13.0. The molecule has 0 aliphatic heterocycles. The molecule has 0 saturated carbocycles. The molecule has 0 heterocycles. The molecule has 0 radical (unpaired) electrons. The van der Waals surface area contributed by atoms with E-state index in [1.54, 1.807) is 0 Å². The molecule has 10 rings (SSSR count). The number of hydrogen-bond acceptors (Lipinski definition) is 3. The lowest BCUT2D eigenvalue weighted by Gasteiger charge is -2.54. The van der Waals surface area contributed by atoms with Crippen LogP contribution in [-0.2, 0) is 5.41 Å². The van der Waals surface area contributed by atoms with Gasteiger partial charge in [-0.15, -0.1) is 0 Å². The van der Waals surface area contributed by atoms with Gasteiger partial charge in [0.2, 0.25) is 0 Å². The maximum Gasteiger partial charge on any atom is 0.187 e. The van der Waals surface area contributed by atoms with Crippen molar-refractivity contribution in [2.24, 2.45) is 10.8 Å². The summed E-state index contributed by atoms with van der Waals surface area (Å²) in [7, 11) is 0. The van der Waals surface area contributed by atoms with Gasteiger partial charge in [-0.2, -0.15) is 5.26 Å². The summed E-state index contributed by atoms with van der Waals surface area (Å²) in [6.45, 7) is 22.2. The molecule has 4 nitrogen and oxygen atoms in total. The highest BCUT2D eigenvalue weighted by atomic mass is 15.1. The minimum atomic E-state index is -0.420. The van der Waals surface area contributed by atoms with Gasteiger partial charge in [0.15, 0.2) is 5.69 Å². The Kier molecular flexibility index (Phi) is 9.25. The third kappa shape index (κ3) is 6.09. The lowest BCUT2D eigenvalue weighted by molar-refractivity contribution is 0.0977. The summed E-state index contributed by atoms with van der Waals surface area (Å²) >= 11 is 0. The maximum atomic E-state index is 9.60. The first-order valence-corrected chi connectivity index (χ1v) is 21.7. The van der Waals surface area contributed by atoms with E-state index in [2.05, 4.69) is 190 Å². The van der Waals surface area contributed by atoms with Crippen LogP contribution < -0.4 is 9.80 Å². The number of anilines is 6. The highest BCUT2D eigenvalue weighted by molar-refractivity contribution is 6.20. The SMILES string of the molecule is [C-]#[N+]c1ccc(N(c2ccccc2)c2ccc3c4c(c5ccccc5c3c2)-c2ccc3cc(N(c5ccccc5)c5ccc(C#N)cc5)ccc3c2C4(C(C)(C)C)C(C)(C)C)cc1. The summed E-state index contributed by atoms with van der Waals surface area (Å²) in [6.07, 6.45) is 0. The fourth-order valence-corrected chi connectivity index (χ4v) is 11.2. The van der Waals surface area contributed by atoms with Gasteiger partial charge < -0.3 is 9.80 Å². The first-order chi connectivity index (χ1) is 30.4. The molecule has 63 heavy (non-hydrogen) atoms. The quantitative estimate of drug-likeness (QED) is 0.124. The molecular formula is C59H48N4. The first-order valence-electron chi connectivity index (χ1n) is 21.7. The molecule has 304 valence electrons. The minimum absolute atomic E-state index is 0.217. The lowest BCUT2D eigenvalue weighted by Crippen LogP contribution is -2.50. The molecule has 0 aromatic heterocycles. The third-order valence-corrected chi connectivity index (χ3v) is 13.3. The summed E-state index contributed by atoms with van der Waals surface area (Å²) in [5.41, 5.74) is 12.0. The Hall–Kier alpha value is -7.66. The van der Waals surface area contributed by atoms with Crippen LogP contribution in [-0.4, -0.2) is 0 Å². The average molecular weight is 813 g/mol. The van der Waals surface area contributed by atoms with E-state index in [4.69, 9.17) is 6.57 Å². The molecule has 9 aromatic rings. The number of fused-ring (bicyclic) bond motifs is 10. The van der Waals surface area contributed by atoms with E-state index in [1.807, 2.05) is 54.6 Å². The van der Waals surface area contributed by atoms with E-state index in [9.17, 15) is 5.26 Å². The van der Waals surface area contributed by atoms with Crippen LogP contribution in [0.25, 0.3) is 48.3 Å². The van der Waals surface area contributed by atoms with Crippen LogP contribution in [0.15, 0.2) is 182 Å². The summed E-state index contributed by atoms with van der Waals surface area (Å²) in [4.78, 5) is 8.25. The van der Waals surface area contributed by atoms with E-state index in [1.165, 1.54) is 54.6 Å². The molecule has 0 atom stereocenters. The van der Waals surface area contributed by atoms with Crippen LogP contribution in [0.2, 0.25) is 0 Å². The Balaban J connectivity index is 1.25. The molecule has 1 aliphatic rings. The van der Waals surface area contributed by atoms with Gasteiger partial charge in [0.25, 0.3) is 0 Å². The zero-order chi connectivity index (χ0) is 43.7. The zero-order valence-electron chi connectivity index (χ0n) is 36.6. The van der Waals surface area contributed by atoms with Crippen LogP contribution in [0.4, 0.5) is 39.8 Å². The smallest absolute Gasteiger partial charge is 0.187 e. The van der Waals surface area contributed by atoms with Gasteiger partial charge in [-0.05, 0) is 150 Å². The number of nitriles is 1. The Bertz CT molecular complexity index is 3290. The van der Waals surface area contributed by atoms with Gasteiger partial charge in [-0.3, -0.25) is 0 Å². The van der Waals surface area contributed by atoms with Crippen molar-refractivity contribution in [3.05, 3.63) is 210 Å². The van der Waals surface area contributed by atoms with E-state index in [-0.39, 0.29) is 10.8 Å². The van der Waals surface area contributed by atoms with E-state index in [0.717, 1.165) is 34.1 Å². The van der Waals surface area contributed by atoms with Crippen LogP contribution in [0.5, 0.6) is 0 Å². The molecule has 0 amide bonds. The van der Waals surface area contributed by atoms with Gasteiger partial charge in [0, 0.05) is 39.5 Å². The Morgan fingerprint density at radius 1 is 0.460 bits per heavy atom. The van der Waals surface area contributed by atoms with Gasteiger partial charge in [-0.25, -0.2) is 4.85 Å². The molecule has 1 aliphatic carbocycles. The van der Waals surface area contributed by atoms with Crippen LogP contribution in [0.3, 0.4) is 0 Å². The second kappa shape index (κ2) is 14.8.